The van der Waals surface area contributed by atoms with Crippen LogP contribution >= 0.6 is 11.8 Å². The first-order valence-corrected chi connectivity index (χ1v) is 10.5. The Morgan fingerprint density at radius 2 is 2.07 bits per heavy atom. The number of hydrogen-bond donors (Lipinski definition) is 1. The van der Waals surface area contributed by atoms with Crippen LogP contribution in [0.4, 0.5) is 5.69 Å². The van der Waals surface area contributed by atoms with E-state index in [1.165, 1.54) is 0 Å². The van der Waals surface area contributed by atoms with E-state index in [-0.39, 0.29) is 24.3 Å². The van der Waals surface area contributed by atoms with Gasteiger partial charge in [0.2, 0.25) is 11.8 Å². The van der Waals surface area contributed by atoms with E-state index in [0.717, 1.165) is 10.6 Å². The van der Waals surface area contributed by atoms with Gasteiger partial charge in [0, 0.05) is 35.0 Å². The molecule has 7 nitrogen and oxygen atoms in total. The Hall–Kier alpha value is -3.13. The summed E-state index contributed by atoms with van der Waals surface area (Å²) in [5.74, 6) is 0.506. The Balaban J connectivity index is 1.39. The smallest absolute Gasteiger partial charge is 0.251 e. The van der Waals surface area contributed by atoms with Crippen LogP contribution in [0.15, 0.2) is 64.0 Å². The molecule has 2 amide bonds. The van der Waals surface area contributed by atoms with E-state index in [1.54, 1.807) is 40.9 Å². The fourth-order valence-electron chi connectivity index (χ4n) is 3.26. The molecule has 1 unspecified atom stereocenters. The molecule has 4 rings (SSSR count). The summed E-state index contributed by atoms with van der Waals surface area (Å²) in [6, 6.07) is 16.8. The van der Waals surface area contributed by atoms with Crippen LogP contribution in [0.1, 0.15) is 34.4 Å². The molecule has 1 aromatic heterocycles. The highest BCUT2D eigenvalue weighted by Crippen LogP contribution is 2.32. The number of nitrogens with one attached hydrogen (secondary N) is 1. The molecular formula is C21H20N4O3S. The summed E-state index contributed by atoms with van der Waals surface area (Å²) in [6.45, 7) is 0.646. The van der Waals surface area contributed by atoms with Gasteiger partial charge >= 0.3 is 0 Å². The molecule has 1 saturated heterocycles. The normalized spacial score (nSPS) is 16.2. The number of rotatable bonds is 6. The lowest BCUT2D eigenvalue weighted by atomic mass is 10.1. The number of aromatic nitrogens is 2. The van der Waals surface area contributed by atoms with E-state index in [9.17, 15) is 9.59 Å². The third-order valence-electron chi connectivity index (χ3n) is 4.78. The minimum absolute atomic E-state index is 0.0389. The molecule has 0 saturated carbocycles. The van der Waals surface area contributed by atoms with Crippen molar-refractivity contribution in [1.29, 1.82) is 0 Å². The van der Waals surface area contributed by atoms with Crippen LogP contribution in [-0.4, -0.2) is 34.8 Å². The van der Waals surface area contributed by atoms with Crippen LogP contribution in [0.25, 0.3) is 0 Å². The van der Waals surface area contributed by atoms with Gasteiger partial charge in [-0.3, -0.25) is 9.59 Å². The predicted molar refractivity (Wildman–Crippen MR) is 110 cm³/mol. The maximum absolute atomic E-state index is 12.5. The van der Waals surface area contributed by atoms with E-state index >= 15 is 0 Å². The fraction of sp³-hybridized carbons (Fsp3) is 0.238. The van der Waals surface area contributed by atoms with Gasteiger partial charge in [0.1, 0.15) is 0 Å². The quantitative estimate of drug-likeness (QED) is 0.630. The molecule has 3 aromatic rings. The summed E-state index contributed by atoms with van der Waals surface area (Å²) in [5, 5.41) is 6.79. The van der Waals surface area contributed by atoms with Crippen molar-refractivity contribution in [3.63, 3.8) is 0 Å². The lowest BCUT2D eigenvalue weighted by Gasteiger charge is -2.16. The van der Waals surface area contributed by atoms with Crippen molar-refractivity contribution < 1.29 is 14.1 Å². The molecule has 2 heterocycles. The van der Waals surface area contributed by atoms with Gasteiger partial charge in [-0.15, -0.1) is 11.8 Å². The van der Waals surface area contributed by atoms with Crippen LogP contribution in [0, 0.1) is 0 Å². The van der Waals surface area contributed by atoms with Crippen molar-refractivity contribution in [3.05, 3.63) is 71.9 Å². The molecule has 0 aliphatic carbocycles. The molecule has 0 radical (unpaired) electrons. The zero-order valence-electron chi connectivity index (χ0n) is 15.9. The number of carbonyl (C=O) groups excluding carboxylic acids is 2. The number of carbonyl (C=O) groups is 2. The summed E-state index contributed by atoms with van der Waals surface area (Å²) in [7, 11) is 0. The third-order valence-corrected chi connectivity index (χ3v) is 5.50. The van der Waals surface area contributed by atoms with Gasteiger partial charge < -0.3 is 14.7 Å². The first-order chi connectivity index (χ1) is 14.1. The van der Waals surface area contributed by atoms with Crippen LogP contribution in [0.3, 0.4) is 0 Å². The Kier molecular flexibility index (Phi) is 5.62. The zero-order valence-corrected chi connectivity index (χ0v) is 16.7. The van der Waals surface area contributed by atoms with E-state index in [4.69, 9.17) is 4.52 Å². The first-order valence-electron chi connectivity index (χ1n) is 9.24. The largest absolute Gasteiger partial charge is 0.343 e. The highest BCUT2D eigenvalue weighted by Gasteiger charge is 2.34. The lowest BCUT2D eigenvalue weighted by Crippen LogP contribution is -2.24. The maximum atomic E-state index is 12.5. The molecule has 2 aromatic carbocycles. The van der Waals surface area contributed by atoms with Gasteiger partial charge in [-0.2, -0.15) is 4.98 Å². The van der Waals surface area contributed by atoms with Crippen molar-refractivity contribution in [3.8, 4) is 0 Å². The molecule has 1 aliphatic heterocycles. The van der Waals surface area contributed by atoms with Crippen LogP contribution < -0.4 is 10.2 Å². The number of anilines is 1. The van der Waals surface area contributed by atoms with Crippen molar-refractivity contribution in [2.24, 2.45) is 0 Å². The van der Waals surface area contributed by atoms with Crippen molar-refractivity contribution >= 4 is 29.3 Å². The predicted octanol–water partition coefficient (Wildman–Crippen LogP) is 3.24. The van der Waals surface area contributed by atoms with Crippen molar-refractivity contribution in [2.45, 2.75) is 23.8 Å². The standard InChI is InChI=1S/C21H20N4O3S/c1-29-17-9-5-8-16(11-17)25-13-15(10-19(25)26)20-23-18(28-24-20)12-22-21(27)14-6-3-2-4-7-14/h2-9,11,15H,10,12-13H2,1H3,(H,22,27). The van der Waals surface area contributed by atoms with Crippen molar-refractivity contribution in [2.75, 3.05) is 17.7 Å². The SMILES string of the molecule is CSc1cccc(N2CC(c3noc(CNC(=O)c4ccccc4)n3)CC2=O)c1. The molecule has 148 valence electrons. The van der Waals surface area contributed by atoms with Crippen molar-refractivity contribution in [1.82, 2.24) is 15.5 Å². The molecule has 0 spiro atoms. The molecular weight excluding hydrogens is 388 g/mol. The van der Waals surface area contributed by atoms with E-state index < -0.39 is 0 Å². The second-order valence-electron chi connectivity index (χ2n) is 6.70. The van der Waals surface area contributed by atoms with Gasteiger partial charge in [0.25, 0.3) is 5.91 Å². The van der Waals surface area contributed by atoms with Crippen LogP contribution in [-0.2, 0) is 11.3 Å². The van der Waals surface area contributed by atoms with Crippen LogP contribution in [0.5, 0.6) is 0 Å². The topological polar surface area (TPSA) is 88.3 Å². The third kappa shape index (κ3) is 4.32. The van der Waals surface area contributed by atoms with E-state index in [0.29, 0.717) is 30.2 Å². The lowest BCUT2D eigenvalue weighted by molar-refractivity contribution is -0.117. The monoisotopic (exact) mass is 408 g/mol. The molecule has 1 aliphatic rings. The van der Waals surface area contributed by atoms with E-state index in [2.05, 4.69) is 15.5 Å². The average molecular weight is 408 g/mol. The first kappa shape index (κ1) is 19.2. The Morgan fingerprint density at radius 1 is 1.24 bits per heavy atom. The zero-order chi connectivity index (χ0) is 20.2. The summed E-state index contributed by atoms with van der Waals surface area (Å²) in [5.41, 5.74) is 1.44. The Morgan fingerprint density at radius 3 is 2.86 bits per heavy atom. The Bertz CT molecular complexity index is 1020. The number of benzene rings is 2. The molecule has 1 fully saturated rings. The molecule has 1 N–H and O–H groups in total. The number of hydrogen-bond acceptors (Lipinski definition) is 6. The average Bonchev–Trinajstić information content (AvgIpc) is 3.39. The van der Waals surface area contributed by atoms with Gasteiger partial charge in [-0.05, 0) is 36.6 Å². The Labute approximate surface area is 172 Å². The van der Waals surface area contributed by atoms with Gasteiger partial charge in [0.05, 0.1) is 6.54 Å². The number of amides is 2. The number of thioether (sulfide) groups is 1. The second-order valence-corrected chi connectivity index (χ2v) is 7.58. The molecule has 8 heteroatoms. The minimum atomic E-state index is -0.207. The summed E-state index contributed by atoms with van der Waals surface area (Å²) >= 11 is 1.64. The highest BCUT2D eigenvalue weighted by molar-refractivity contribution is 7.98. The van der Waals surface area contributed by atoms with Gasteiger partial charge in [-0.25, -0.2) is 0 Å². The molecule has 0 bridgehead atoms. The fourth-order valence-corrected chi connectivity index (χ4v) is 3.71. The minimum Gasteiger partial charge on any atom is -0.343 e. The van der Waals surface area contributed by atoms with Gasteiger partial charge in [-0.1, -0.05) is 29.4 Å². The molecule has 29 heavy (non-hydrogen) atoms. The maximum Gasteiger partial charge on any atom is 0.251 e. The van der Waals surface area contributed by atoms with Crippen LogP contribution in [0.2, 0.25) is 0 Å². The number of nitrogens with zero attached hydrogens (tertiary/aromatic N) is 3. The second kappa shape index (κ2) is 8.48. The molecule has 1 atom stereocenters. The highest BCUT2D eigenvalue weighted by atomic mass is 32.2. The summed E-state index contributed by atoms with van der Waals surface area (Å²) in [6.07, 6.45) is 2.34. The summed E-state index contributed by atoms with van der Waals surface area (Å²) in [4.78, 5) is 31.9. The van der Waals surface area contributed by atoms with Gasteiger partial charge in [0.15, 0.2) is 5.82 Å². The van der Waals surface area contributed by atoms with E-state index in [1.807, 2.05) is 36.6 Å². The summed E-state index contributed by atoms with van der Waals surface area (Å²) < 4.78 is 5.27.